The highest BCUT2D eigenvalue weighted by Crippen LogP contribution is 2.28. The van der Waals surface area contributed by atoms with Crippen molar-refractivity contribution in [3.05, 3.63) is 0 Å². The molecule has 1 N–H and O–H groups in total. The van der Waals surface area contributed by atoms with Crippen molar-refractivity contribution in [1.82, 2.24) is 10.2 Å². The van der Waals surface area contributed by atoms with Gasteiger partial charge in [-0.05, 0) is 18.9 Å². The van der Waals surface area contributed by atoms with E-state index in [4.69, 9.17) is 4.74 Å². The third-order valence-corrected chi connectivity index (χ3v) is 3.10. The Hall–Kier alpha value is -0.610. The molecule has 1 unspecified atom stereocenters. The van der Waals surface area contributed by atoms with E-state index in [2.05, 4.69) is 19.2 Å². The lowest BCUT2D eigenvalue weighted by atomic mass is 9.86. The summed E-state index contributed by atoms with van der Waals surface area (Å²) in [6, 6.07) is 0. The van der Waals surface area contributed by atoms with Crippen LogP contribution in [0.2, 0.25) is 0 Å². The number of nitrogens with zero attached hydrogens (tertiary/aromatic N) is 1. The van der Waals surface area contributed by atoms with E-state index in [-0.39, 0.29) is 11.3 Å². The van der Waals surface area contributed by atoms with Gasteiger partial charge in [-0.15, -0.1) is 0 Å². The summed E-state index contributed by atoms with van der Waals surface area (Å²) < 4.78 is 5.22. The molecule has 1 heterocycles. The average Bonchev–Trinajstić information content (AvgIpc) is 2.66. The van der Waals surface area contributed by atoms with Crippen LogP contribution in [0.25, 0.3) is 0 Å². The molecule has 1 fully saturated rings. The first-order valence-corrected chi connectivity index (χ1v) is 5.97. The first-order chi connectivity index (χ1) is 7.52. The zero-order valence-corrected chi connectivity index (χ0v) is 10.9. The lowest BCUT2D eigenvalue weighted by molar-refractivity contribution is -0.143. The molecule has 1 aliphatic rings. The molecule has 94 valence electrons. The second-order valence-electron chi connectivity index (χ2n) is 5.22. The van der Waals surface area contributed by atoms with Crippen LogP contribution in [0.3, 0.4) is 0 Å². The van der Waals surface area contributed by atoms with Crippen LogP contribution < -0.4 is 5.32 Å². The van der Waals surface area contributed by atoms with Crippen LogP contribution in [-0.4, -0.2) is 51.2 Å². The molecule has 1 saturated heterocycles. The molecule has 1 amide bonds. The van der Waals surface area contributed by atoms with Crippen molar-refractivity contribution < 1.29 is 9.53 Å². The first kappa shape index (κ1) is 13.5. The van der Waals surface area contributed by atoms with Crippen LogP contribution in [0.15, 0.2) is 0 Å². The molecule has 1 rings (SSSR count). The van der Waals surface area contributed by atoms with Crippen LogP contribution in [-0.2, 0) is 9.53 Å². The van der Waals surface area contributed by atoms with E-state index in [1.165, 1.54) is 0 Å². The van der Waals surface area contributed by atoms with Crippen molar-refractivity contribution in [2.75, 3.05) is 40.4 Å². The summed E-state index contributed by atoms with van der Waals surface area (Å²) in [5, 5.41) is 3.26. The number of methoxy groups -OCH3 is 1. The maximum Gasteiger partial charge on any atom is 0.232 e. The highest BCUT2D eigenvalue weighted by atomic mass is 16.5. The van der Waals surface area contributed by atoms with Gasteiger partial charge in [0.2, 0.25) is 5.91 Å². The van der Waals surface area contributed by atoms with Gasteiger partial charge in [-0.1, -0.05) is 13.8 Å². The molecule has 4 heteroatoms. The Bertz CT molecular complexity index is 235. The lowest BCUT2D eigenvalue weighted by Crippen LogP contribution is -2.47. The summed E-state index contributed by atoms with van der Waals surface area (Å²) >= 11 is 0. The van der Waals surface area contributed by atoms with Gasteiger partial charge >= 0.3 is 0 Å². The Morgan fingerprint density at radius 3 is 2.69 bits per heavy atom. The third kappa shape index (κ3) is 2.95. The van der Waals surface area contributed by atoms with Gasteiger partial charge in [0.1, 0.15) is 0 Å². The molecule has 0 spiro atoms. The van der Waals surface area contributed by atoms with Gasteiger partial charge in [0.05, 0.1) is 12.0 Å². The molecular formula is C12H24N2O2. The number of ether oxygens (including phenoxy) is 1. The van der Waals surface area contributed by atoms with Crippen molar-refractivity contribution in [1.29, 1.82) is 0 Å². The minimum atomic E-state index is -0.335. The number of carbonyl (C=O) groups excluding carboxylic acids is 1. The Kier molecular flexibility index (Phi) is 4.74. The molecule has 1 aliphatic heterocycles. The van der Waals surface area contributed by atoms with Gasteiger partial charge in [0.25, 0.3) is 0 Å². The van der Waals surface area contributed by atoms with Crippen molar-refractivity contribution >= 4 is 5.91 Å². The largest absolute Gasteiger partial charge is 0.384 e. The Morgan fingerprint density at radius 2 is 2.25 bits per heavy atom. The molecule has 0 aromatic carbocycles. The maximum atomic E-state index is 12.4. The van der Waals surface area contributed by atoms with E-state index >= 15 is 0 Å². The van der Waals surface area contributed by atoms with E-state index in [0.717, 1.165) is 26.1 Å². The fourth-order valence-corrected chi connectivity index (χ4v) is 2.42. The predicted octanol–water partition coefficient (Wildman–Crippen LogP) is 0.727. The summed E-state index contributed by atoms with van der Waals surface area (Å²) in [6.45, 7) is 7.22. The molecular weight excluding hydrogens is 204 g/mol. The SMILES string of the molecule is COCC1(C(=O)N(C)CC(C)C)CCNC1. The van der Waals surface area contributed by atoms with E-state index in [0.29, 0.717) is 12.5 Å². The molecule has 1 atom stereocenters. The quantitative estimate of drug-likeness (QED) is 0.754. The summed E-state index contributed by atoms with van der Waals surface area (Å²) in [4.78, 5) is 14.2. The standard InChI is InChI=1S/C12H24N2O2/c1-10(2)7-14(3)11(15)12(9-16-4)5-6-13-8-12/h10,13H,5-9H2,1-4H3. The maximum absolute atomic E-state index is 12.4. The zero-order valence-electron chi connectivity index (χ0n) is 10.9. The number of nitrogens with one attached hydrogen (secondary N) is 1. The number of rotatable bonds is 5. The van der Waals surface area contributed by atoms with Crippen LogP contribution in [0, 0.1) is 11.3 Å². The van der Waals surface area contributed by atoms with Crippen molar-refractivity contribution in [2.45, 2.75) is 20.3 Å². The summed E-state index contributed by atoms with van der Waals surface area (Å²) in [6.07, 6.45) is 0.877. The van der Waals surface area contributed by atoms with Crippen LogP contribution in [0.1, 0.15) is 20.3 Å². The van der Waals surface area contributed by atoms with Crippen molar-refractivity contribution in [3.8, 4) is 0 Å². The fraction of sp³-hybridized carbons (Fsp3) is 0.917. The Labute approximate surface area is 98.3 Å². The number of carbonyl (C=O) groups is 1. The number of amides is 1. The van der Waals surface area contributed by atoms with Gasteiger partial charge in [0, 0.05) is 27.2 Å². The van der Waals surface area contributed by atoms with Gasteiger partial charge < -0.3 is 15.0 Å². The lowest BCUT2D eigenvalue weighted by Gasteiger charge is -2.32. The molecule has 0 aromatic heterocycles. The second-order valence-corrected chi connectivity index (χ2v) is 5.22. The predicted molar refractivity (Wildman–Crippen MR) is 64.3 cm³/mol. The number of hydrogen-bond acceptors (Lipinski definition) is 3. The molecule has 0 aliphatic carbocycles. The third-order valence-electron chi connectivity index (χ3n) is 3.10. The van der Waals surface area contributed by atoms with Gasteiger partial charge in [-0.25, -0.2) is 0 Å². The molecule has 0 aromatic rings. The minimum Gasteiger partial charge on any atom is -0.384 e. The molecule has 0 saturated carbocycles. The zero-order chi connectivity index (χ0) is 12.2. The molecule has 0 radical (unpaired) electrons. The van der Waals surface area contributed by atoms with Crippen LogP contribution >= 0.6 is 0 Å². The topological polar surface area (TPSA) is 41.6 Å². The highest BCUT2D eigenvalue weighted by molar-refractivity contribution is 5.83. The summed E-state index contributed by atoms with van der Waals surface area (Å²) in [5.41, 5.74) is -0.335. The van der Waals surface area contributed by atoms with E-state index in [1.807, 2.05) is 11.9 Å². The van der Waals surface area contributed by atoms with E-state index < -0.39 is 0 Å². The summed E-state index contributed by atoms with van der Waals surface area (Å²) in [7, 11) is 3.55. The Balaban J connectivity index is 2.67. The van der Waals surface area contributed by atoms with E-state index in [1.54, 1.807) is 7.11 Å². The van der Waals surface area contributed by atoms with Crippen LogP contribution in [0.5, 0.6) is 0 Å². The van der Waals surface area contributed by atoms with Gasteiger partial charge in [0.15, 0.2) is 0 Å². The molecule has 16 heavy (non-hydrogen) atoms. The normalized spacial score (nSPS) is 25.1. The highest BCUT2D eigenvalue weighted by Gasteiger charge is 2.42. The molecule has 4 nitrogen and oxygen atoms in total. The first-order valence-electron chi connectivity index (χ1n) is 5.97. The average molecular weight is 228 g/mol. The van der Waals surface area contributed by atoms with Crippen LogP contribution in [0.4, 0.5) is 0 Å². The van der Waals surface area contributed by atoms with Crippen molar-refractivity contribution in [3.63, 3.8) is 0 Å². The molecule has 0 bridgehead atoms. The monoisotopic (exact) mass is 228 g/mol. The smallest absolute Gasteiger partial charge is 0.232 e. The fourth-order valence-electron chi connectivity index (χ4n) is 2.42. The van der Waals surface area contributed by atoms with Crippen molar-refractivity contribution in [2.24, 2.45) is 11.3 Å². The minimum absolute atomic E-state index is 0.216. The van der Waals surface area contributed by atoms with E-state index in [9.17, 15) is 4.79 Å². The summed E-state index contributed by atoms with van der Waals surface area (Å²) in [5.74, 6) is 0.718. The number of hydrogen-bond donors (Lipinski definition) is 1. The Morgan fingerprint density at radius 1 is 1.56 bits per heavy atom. The van der Waals surface area contributed by atoms with Gasteiger partial charge in [-0.3, -0.25) is 4.79 Å². The second kappa shape index (κ2) is 5.64. The van der Waals surface area contributed by atoms with Gasteiger partial charge in [-0.2, -0.15) is 0 Å².